The number of aliphatic hydroxyl groups excluding tert-OH is 1. The van der Waals surface area contributed by atoms with Crippen LogP contribution in [0.15, 0.2) is 48.5 Å². The van der Waals surface area contributed by atoms with E-state index in [0.29, 0.717) is 19.6 Å². The van der Waals surface area contributed by atoms with Crippen LogP contribution in [0.4, 0.5) is 0 Å². The highest BCUT2D eigenvalue weighted by Gasteiger charge is 2.56. The Morgan fingerprint density at radius 3 is 1.90 bits per heavy atom. The number of carbonyl (C=O) groups excluding carboxylic acids is 1. The molecule has 0 bridgehead atoms. The van der Waals surface area contributed by atoms with Crippen LogP contribution in [0.3, 0.4) is 0 Å². The van der Waals surface area contributed by atoms with E-state index >= 15 is 4.79 Å². The smallest absolute Gasteiger partial charge is 0.195 e. The maximum atomic E-state index is 15.1. The van der Waals surface area contributed by atoms with E-state index in [1.54, 1.807) is 21.1 Å². The van der Waals surface area contributed by atoms with Crippen molar-refractivity contribution >= 4 is 22.2 Å². The molecule has 2 aliphatic heterocycles. The minimum atomic E-state index is -2.29. The standard InChI is InChI=1S/C48H80O11Si2/c1-31-27-40(59-61(15,16)47(6,7)8)58-48(9,45(31)55-29-37-19-23-39(52-11)24-20-37)44(50)33(3)41(49)32(2)43-34(4)42(54-28-36-17-21-38(51-10)22-18-36)35(5)46(57-43)56-30-53-25-26-60(12,13)14/h17-24,31-35,40-43,45-46,49H,25-30H2,1-16H3/t31-,32-,33+,34+,35-,40?,41-,42+,43+,45+,46-,48+/m1/s1. The third-order valence-electron chi connectivity index (χ3n) is 13.5. The SMILES string of the molecule is COc1ccc(CO[C@H]2[C@H](C)[C@H]([C@H](C)[C@@H](O)[C@H](C)C(=O)[C@]3(C)OC(O[Si](C)(C)C(C)(C)C)C[C@@H](C)[C@@H]3OCc3ccc(OC)cc3)O[C@@H](OCOCC[Si](C)(C)C)[C@@H]2C)cc1. The van der Waals surface area contributed by atoms with Crippen LogP contribution in [0.2, 0.25) is 43.8 Å². The number of hydrogen-bond donors (Lipinski definition) is 1. The van der Waals surface area contributed by atoms with Gasteiger partial charge in [-0.15, -0.1) is 0 Å². The second kappa shape index (κ2) is 21.7. The molecule has 2 fully saturated rings. The fraction of sp³-hybridized carbons (Fsp3) is 0.729. The Balaban J connectivity index is 1.59. The van der Waals surface area contributed by atoms with Gasteiger partial charge in [-0.1, -0.05) is 99.3 Å². The molecule has 2 aromatic rings. The van der Waals surface area contributed by atoms with Crippen molar-refractivity contribution in [2.24, 2.45) is 29.6 Å². The molecular weight excluding hydrogens is 809 g/mol. The summed E-state index contributed by atoms with van der Waals surface area (Å²) in [6.07, 6.45) is -3.18. The normalized spacial score (nSPS) is 29.1. The Hall–Kier alpha value is -2.18. The third kappa shape index (κ3) is 13.4. The third-order valence-corrected chi connectivity index (χ3v) is 19.7. The van der Waals surface area contributed by atoms with Gasteiger partial charge in [0.2, 0.25) is 0 Å². The van der Waals surface area contributed by atoms with Crippen molar-refractivity contribution < 1.29 is 52.2 Å². The summed E-state index contributed by atoms with van der Waals surface area (Å²) in [6.45, 7) is 31.1. The Kier molecular flexibility index (Phi) is 18.3. The minimum Gasteiger partial charge on any atom is -0.497 e. The molecule has 0 aromatic heterocycles. The molecule has 4 rings (SSSR count). The molecule has 1 N–H and O–H groups in total. The number of hydrogen-bond acceptors (Lipinski definition) is 11. The van der Waals surface area contributed by atoms with Crippen LogP contribution in [-0.4, -0.2) is 97.5 Å². The van der Waals surface area contributed by atoms with Gasteiger partial charge in [-0.05, 0) is 72.4 Å². The summed E-state index contributed by atoms with van der Waals surface area (Å²) in [4.78, 5) is 15.1. The van der Waals surface area contributed by atoms with Crippen molar-refractivity contribution in [2.45, 2.75) is 168 Å². The van der Waals surface area contributed by atoms with Gasteiger partial charge in [0.25, 0.3) is 0 Å². The molecule has 12 atom stereocenters. The highest BCUT2D eigenvalue weighted by atomic mass is 28.4. The summed E-state index contributed by atoms with van der Waals surface area (Å²) < 4.78 is 56.7. The Bertz CT molecular complexity index is 1640. The fourth-order valence-corrected chi connectivity index (χ4v) is 10.3. The van der Waals surface area contributed by atoms with E-state index in [4.69, 9.17) is 42.3 Å². The Morgan fingerprint density at radius 2 is 1.39 bits per heavy atom. The van der Waals surface area contributed by atoms with Gasteiger partial charge in [0.05, 0.1) is 51.8 Å². The summed E-state index contributed by atoms with van der Waals surface area (Å²) in [5.41, 5.74) is 0.536. The Morgan fingerprint density at radius 1 is 0.852 bits per heavy atom. The lowest BCUT2D eigenvalue weighted by Crippen LogP contribution is -2.63. The maximum absolute atomic E-state index is 15.1. The van der Waals surface area contributed by atoms with E-state index in [2.05, 4.69) is 74.3 Å². The first kappa shape index (κ1) is 51.5. The van der Waals surface area contributed by atoms with Gasteiger partial charge in [0.15, 0.2) is 26.0 Å². The van der Waals surface area contributed by atoms with E-state index in [-0.39, 0.29) is 48.1 Å². The van der Waals surface area contributed by atoms with E-state index in [1.165, 1.54) is 0 Å². The van der Waals surface area contributed by atoms with Crippen LogP contribution in [0.25, 0.3) is 0 Å². The second-order valence-electron chi connectivity index (χ2n) is 20.6. The first-order valence-corrected chi connectivity index (χ1v) is 29.0. The molecule has 0 spiro atoms. The summed E-state index contributed by atoms with van der Waals surface area (Å²) >= 11 is 0. The summed E-state index contributed by atoms with van der Waals surface area (Å²) in [6, 6.07) is 16.6. The molecule has 0 aliphatic carbocycles. The van der Waals surface area contributed by atoms with Crippen molar-refractivity contribution in [3.8, 4) is 11.5 Å². The lowest BCUT2D eigenvalue weighted by molar-refractivity contribution is -0.302. The van der Waals surface area contributed by atoms with Gasteiger partial charge in [0, 0.05) is 44.8 Å². The van der Waals surface area contributed by atoms with Crippen molar-refractivity contribution in [2.75, 3.05) is 27.6 Å². The van der Waals surface area contributed by atoms with Crippen molar-refractivity contribution in [1.82, 2.24) is 0 Å². The number of rotatable bonds is 21. The van der Waals surface area contributed by atoms with E-state index in [9.17, 15) is 5.11 Å². The number of Topliss-reactive ketones (excluding diaryl/α,β-unsaturated/α-hetero) is 1. The van der Waals surface area contributed by atoms with Crippen molar-refractivity contribution in [1.29, 1.82) is 0 Å². The molecule has 0 radical (unpaired) electrons. The number of benzene rings is 2. The minimum absolute atomic E-state index is 0.0628. The van der Waals surface area contributed by atoms with Crippen LogP contribution in [-0.2, 0) is 50.9 Å². The lowest BCUT2D eigenvalue weighted by atomic mass is 9.72. The molecule has 0 saturated carbocycles. The van der Waals surface area contributed by atoms with Gasteiger partial charge in [0.1, 0.15) is 24.6 Å². The lowest BCUT2D eigenvalue weighted by Gasteiger charge is -2.50. The second-order valence-corrected chi connectivity index (χ2v) is 31.0. The average molecular weight is 889 g/mol. The molecule has 13 heteroatoms. The van der Waals surface area contributed by atoms with Gasteiger partial charge < -0.3 is 47.4 Å². The van der Waals surface area contributed by atoms with Crippen LogP contribution in [0.1, 0.15) is 79.9 Å². The van der Waals surface area contributed by atoms with Gasteiger partial charge in [-0.2, -0.15) is 0 Å². The molecule has 0 amide bonds. The van der Waals surface area contributed by atoms with Crippen LogP contribution in [0, 0.1) is 29.6 Å². The Labute approximate surface area is 369 Å². The molecule has 2 aromatic carbocycles. The van der Waals surface area contributed by atoms with Gasteiger partial charge in [-0.3, -0.25) is 4.79 Å². The number of aliphatic hydroxyl groups is 1. The predicted octanol–water partition coefficient (Wildman–Crippen LogP) is 9.87. The van der Waals surface area contributed by atoms with Crippen LogP contribution >= 0.6 is 0 Å². The first-order valence-electron chi connectivity index (χ1n) is 22.3. The monoisotopic (exact) mass is 889 g/mol. The molecule has 2 saturated heterocycles. The molecule has 11 nitrogen and oxygen atoms in total. The molecule has 2 aliphatic rings. The fourth-order valence-electron chi connectivity index (χ4n) is 8.41. The molecule has 61 heavy (non-hydrogen) atoms. The zero-order chi connectivity index (χ0) is 45.5. The largest absolute Gasteiger partial charge is 0.497 e. The molecular formula is C48H80O11Si2. The zero-order valence-electron chi connectivity index (χ0n) is 40.2. The first-order chi connectivity index (χ1) is 28.4. The van der Waals surface area contributed by atoms with Gasteiger partial charge >= 0.3 is 0 Å². The molecule has 2 heterocycles. The number of ketones is 1. The highest BCUT2D eigenvalue weighted by molar-refractivity contribution is 6.76. The number of carbonyl (C=O) groups is 1. The number of ether oxygens (including phenoxy) is 8. The van der Waals surface area contributed by atoms with E-state index in [0.717, 1.165) is 28.7 Å². The average Bonchev–Trinajstić information content (AvgIpc) is 3.19. The highest BCUT2D eigenvalue weighted by Crippen LogP contribution is 2.45. The van der Waals surface area contributed by atoms with Crippen LogP contribution < -0.4 is 9.47 Å². The summed E-state index contributed by atoms with van der Waals surface area (Å²) in [5, 5.41) is 12.2. The van der Waals surface area contributed by atoms with Gasteiger partial charge in [-0.25, -0.2) is 0 Å². The summed E-state index contributed by atoms with van der Waals surface area (Å²) in [7, 11) is -0.281. The predicted molar refractivity (Wildman–Crippen MR) is 245 cm³/mol. The zero-order valence-corrected chi connectivity index (χ0v) is 42.2. The summed E-state index contributed by atoms with van der Waals surface area (Å²) in [5.74, 6) is -0.432. The molecule has 1 unspecified atom stereocenters. The molecule has 346 valence electrons. The maximum Gasteiger partial charge on any atom is 0.195 e. The van der Waals surface area contributed by atoms with Crippen molar-refractivity contribution in [3.63, 3.8) is 0 Å². The van der Waals surface area contributed by atoms with E-state index < -0.39 is 64.7 Å². The van der Waals surface area contributed by atoms with Crippen LogP contribution in [0.5, 0.6) is 11.5 Å². The quantitative estimate of drug-likeness (QED) is 0.0733. The van der Waals surface area contributed by atoms with E-state index in [1.807, 2.05) is 62.4 Å². The van der Waals surface area contributed by atoms with Crippen molar-refractivity contribution in [3.05, 3.63) is 59.7 Å². The number of methoxy groups -OCH3 is 2. The topological polar surface area (TPSA) is 120 Å².